The van der Waals surface area contributed by atoms with Crippen molar-refractivity contribution < 1.29 is 19.3 Å². The largest absolute Gasteiger partial charge is 0.391 e. The van der Waals surface area contributed by atoms with E-state index in [9.17, 15) is 5.11 Å². The molecule has 28 heavy (non-hydrogen) atoms. The maximum atomic E-state index is 9.57. The molecule has 0 amide bonds. The zero-order valence-corrected chi connectivity index (χ0v) is 18.1. The van der Waals surface area contributed by atoms with E-state index in [0.29, 0.717) is 18.1 Å². The molecule has 1 heterocycles. The average Bonchev–Trinajstić information content (AvgIpc) is 3.26. The molecule has 160 valence electrons. The minimum absolute atomic E-state index is 0.214. The molecular formula is C24H40O4. The van der Waals surface area contributed by atoms with Gasteiger partial charge in [-0.2, -0.15) is 0 Å². The normalized spacial score (nSPS) is 50.8. The fraction of sp³-hybridized carbons (Fsp3) is 1.00. The SMILES string of the molecule is CC(O)CO[C@@H]1CC[C@@]2(C)C(CC[C@@H]3[C@@H]2CC[C@@]2(C)[C@H]3CCC23OCCO3)C1. The van der Waals surface area contributed by atoms with Gasteiger partial charge in [0.1, 0.15) is 0 Å². The highest BCUT2D eigenvalue weighted by atomic mass is 16.7. The van der Waals surface area contributed by atoms with E-state index in [2.05, 4.69) is 13.8 Å². The molecule has 0 aromatic rings. The van der Waals surface area contributed by atoms with Crippen molar-refractivity contribution in [3.05, 3.63) is 0 Å². The molecule has 1 saturated heterocycles. The highest BCUT2D eigenvalue weighted by Gasteiger charge is 2.67. The number of fused-ring (bicyclic) bond motifs is 6. The van der Waals surface area contributed by atoms with Gasteiger partial charge >= 0.3 is 0 Å². The predicted octanol–water partition coefficient (Wildman–Crippen LogP) is 4.54. The topological polar surface area (TPSA) is 47.9 Å². The molecule has 1 spiro atoms. The van der Waals surface area contributed by atoms with Crippen LogP contribution in [0.2, 0.25) is 0 Å². The molecular weight excluding hydrogens is 352 g/mol. The van der Waals surface area contributed by atoms with Crippen LogP contribution >= 0.6 is 0 Å². The van der Waals surface area contributed by atoms with Crippen LogP contribution in [0.25, 0.3) is 0 Å². The fourth-order valence-corrected chi connectivity index (χ4v) is 8.53. The van der Waals surface area contributed by atoms with Crippen molar-refractivity contribution in [2.75, 3.05) is 19.8 Å². The molecule has 0 radical (unpaired) electrons. The van der Waals surface area contributed by atoms with Crippen molar-refractivity contribution in [3.8, 4) is 0 Å². The Kier molecular flexibility index (Phi) is 4.90. The summed E-state index contributed by atoms with van der Waals surface area (Å²) < 4.78 is 18.6. The first-order valence-electron chi connectivity index (χ1n) is 12.0. The first-order valence-corrected chi connectivity index (χ1v) is 12.0. The second-order valence-electron chi connectivity index (χ2n) is 11.2. The van der Waals surface area contributed by atoms with Crippen LogP contribution < -0.4 is 0 Å². The molecule has 4 aliphatic carbocycles. The van der Waals surface area contributed by atoms with E-state index >= 15 is 0 Å². The van der Waals surface area contributed by atoms with Crippen molar-refractivity contribution in [2.45, 2.75) is 96.6 Å². The molecule has 1 N–H and O–H groups in total. The second-order valence-corrected chi connectivity index (χ2v) is 11.2. The van der Waals surface area contributed by atoms with Gasteiger partial charge in [0.05, 0.1) is 32.0 Å². The average molecular weight is 393 g/mol. The zero-order valence-electron chi connectivity index (χ0n) is 18.1. The maximum Gasteiger partial charge on any atom is 0.174 e. The van der Waals surface area contributed by atoms with Crippen LogP contribution in [0.3, 0.4) is 0 Å². The molecule has 0 aromatic carbocycles. The van der Waals surface area contributed by atoms with Gasteiger partial charge < -0.3 is 19.3 Å². The Labute approximate surface area is 170 Å². The molecule has 8 atom stereocenters. The summed E-state index contributed by atoms with van der Waals surface area (Å²) in [6.07, 6.45) is 11.4. The number of rotatable bonds is 3. The number of aliphatic hydroxyl groups is 1. The Morgan fingerprint density at radius 1 is 0.964 bits per heavy atom. The van der Waals surface area contributed by atoms with Gasteiger partial charge in [0.2, 0.25) is 0 Å². The summed E-state index contributed by atoms with van der Waals surface area (Å²) >= 11 is 0. The van der Waals surface area contributed by atoms with Crippen LogP contribution in [0.15, 0.2) is 0 Å². The quantitative estimate of drug-likeness (QED) is 0.766. The highest BCUT2D eigenvalue weighted by molar-refractivity contribution is 5.12. The van der Waals surface area contributed by atoms with Gasteiger partial charge in [-0.3, -0.25) is 0 Å². The molecule has 0 aromatic heterocycles. The van der Waals surface area contributed by atoms with E-state index in [1.54, 1.807) is 0 Å². The van der Waals surface area contributed by atoms with Crippen LogP contribution in [-0.4, -0.2) is 42.9 Å². The fourth-order valence-electron chi connectivity index (χ4n) is 8.53. The van der Waals surface area contributed by atoms with Crippen LogP contribution in [-0.2, 0) is 14.2 Å². The Hall–Kier alpha value is -0.160. The molecule has 5 fully saturated rings. The first-order chi connectivity index (χ1) is 13.4. The maximum absolute atomic E-state index is 9.57. The van der Waals surface area contributed by atoms with Crippen molar-refractivity contribution in [2.24, 2.45) is 34.5 Å². The molecule has 4 saturated carbocycles. The van der Waals surface area contributed by atoms with Crippen molar-refractivity contribution in [1.29, 1.82) is 0 Å². The lowest BCUT2D eigenvalue weighted by Crippen LogP contribution is -2.57. The predicted molar refractivity (Wildman–Crippen MR) is 108 cm³/mol. The Bertz CT molecular complexity index is 585. The summed E-state index contributed by atoms with van der Waals surface area (Å²) in [5.41, 5.74) is 0.688. The van der Waals surface area contributed by atoms with Gasteiger partial charge in [-0.15, -0.1) is 0 Å². The minimum atomic E-state index is -0.352. The van der Waals surface area contributed by atoms with Crippen LogP contribution in [0.1, 0.15) is 78.6 Å². The van der Waals surface area contributed by atoms with Gasteiger partial charge in [-0.25, -0.2) is 0 Å². The van der Waals surface area contributed by atoms with Crippen LogP contribution in [0.4, 0.5) is 0 Å². The second kappa shape index (κ2) is 6.93. The summed E-state index contributed by atoms with van der Waals surface area (Å²) in [5, 5.41) is 9.57. The van der Waals surface area contributed by atoms with Gasteiger partial charge in [0, 0.05) is 11.8 Å². The first kappa shape index (κ1) is 19.8. The molecule has 4 heteroatoms. The van der Waals surface area contributed by atoms with Gasteiger partial charge in [-0.1, -0.05) is 13.8 Å². The minimum Gasteiger partial charge on any atom is -0.391 e. The number of hydrogen-bond acceptors (Lipinski definition) is 4. The van der Waals surface area contributed by atoms with E-state index < -0.39 is 0 Å². The van der Waals surface area contributed by atoms with Crippen LogP contribution in [0.5, 0.6) is 0 Å². The number of hydrogen-bond donors (Lipinski definition) is 1. The Morgan fingerprint density at radius 2 is 1.71 bits per heavy atom. The lowest BCUT2D eigenvalue weighted by Gasteiger charge is -2.61. The molecule has 1 aliphatic heterocycles. The monoisotopic (exact) mass is 392 g/mol. The third-order valence-corrected chi connectivity index (χ3v) is 9.99. The van der Waals surface area contributed by atoms with E-state index in [4.69, 9.17) is 14.2 Å². The van der Waals surface area contributed by atoms with Crippen molar-refractivity contribution in [1.82, 2.24) is 0 Å². The van der Waals surface area contributed by atoms with E-state index in [-0.39, 0.29) is 17.3 Å². The summed E-state index contributed by atoms with van der Waals surface area (Å²) in [6.45, 7) is 8.97. The zero-order chi connectivity index (χ0) is 19.6. The lowest BCUT2D eigenvalue weighted by molar-refractivity contribution is -0.248. The van der Waals surface area contributed by atoms with Crippen molar-refractivity contribution in [3.63, 3.8) is 0 Å². The number of aliphatic hydroxyl groups excluding tert-OH is 1. The Balaban J connectivity index is 1.32. The van der Waals surface area contributed by atoms with E-state index in [1.165, 1.54) is 51.4 Å². The molecule has 0 bridgehead atoms. The standard InChI is InChI=1S/C24H40O4/c1-16(25)15-26-18-6-9-22(2)17(14-18)4-5-19-20(22)7-10-23(3)21(19)8-11-24(23)27-12-13-28-24/h16-21,25H,4-15H2,1-3H3/t16?,17?,18-,19-,20+,21+,22+,23+/m1/s1. The third-order valence-electron chi connectivity index (χ3n) is 9.99. The summed E-state index contributed by atoms with van der Waals surface area (Å²) in [6, 6.07) is 0. The van der Waals surface area contributed by atoms with Crippen LogP contribution in [0, 0.1) is 34.5 Å². The van der Waals surface area contributed by atoms with Gasteiger partial charge in [0.15, 0.2) is 5.79 Å². The Morgan fingerprint density at radius 3 is 2.46 bits per heavy atom. The van der Waals surface area contributed by atoms with Gasteiger partial charge in [0.25, 0.3) is 0 Å². The lowest BCUT2D eigenvalue weighted by atomic mass is 9.45. The smallest absolute Gasteiger partial charge is 0.174 e. The summed E-state index contributed by atoms with van der Waals surface area (Å²) in [7, 11) is 0. The van der Waals surface area contributed by atoms with Crippen molar-refractivity contribution >= 4 is 0 Å². The molecule has 5 aliphatic rings. The number of ether oxygens (including phenoxy) is 3. The van der Waals surface area contributed by atoms with E-state index in [0.717, 1.165) is 43.3 Å². The summed E-state index contributed by atoms with van der Waals surface area (Å²) in [5.74, 6) is 3.00. The highest BCUT2D eigenvalue weighted by Crippen LogP contribution is 2.69. The van der Waals surface area contributed by atoms with Gasteiger partial charge in [-0.05, 0) is 87.4 Å². The summed E-state index contributed by atoms with van der Waals surface area (Å²) in [4.78, 5) is 0. The third kappa shape index (κ3) is 2.77. The molecule has 2 unspecified atom stereocenters. The molecule has 5 rings (SSSR count). The molecule has 4 nitrogen and oxygen atoms in total. The van der Waals surface area contributed by atoms with E-state index in [1.807, 2.05) is 6.92 Å².